The quantitative estimate of drug-likeness (QED) is 0.496. The molecule has 9 heteroatoms. The summed E-state index contributed by atoms with van der Waals surface area (Å²) in [6, 6.07) is 0.275. The number of carbonyl (C=O) groups is 3. The number of fused-ring (bicyclic) bond motifs is 1. The Kier molecular flexibility index (Phi) is 4.61. The smallest absolute Gasteiger partial charge is 0.323 e. The third-order valence-electron chi connectivity index (χ3n) is 8.53. The minimum atomic E-state index is -1.08. The average Bonchev–Trinajstić information content (AvgIpc) is 3.34. The lowest BCUT2D eigenvalue weighted by Crippen LogP contribution is -2.66. The average molecular weight is 430 g/mol. The highest BCUT2D eigenvalue weighted by atomic mass is 16.6. The Bertz CT molecular complexity index is 854. The molecule has 0 spiro atoms. The zero-order valence-corrected chi connectivity index (χ0v) is 17.7. The molecule has 4 bridgehead atoms. The number of nitrogens with zero attached hydrogens (tertiary/aromatic N) is 2. The molecular weight excluding hydrogens is 398 g/mol. The number of piperidine rings is 1. The van der Waals surface area contributed by atoms with Crippen LogP contribution in [-0.2, 0) is 19.1 Å². The predicted molar refractivity (Wildman–Crippen MR) is 108 cm³/mol. The van der Waals surface area contributed by atoms with E-state index in [-0.39, 0.29) is 24.4 Å². The van der Waals surface area contributed by atoms with Crippen LogP contribution in [0.4, 0.5) is 0 Å². The molecule has 6 rings (SSSR count). The first-order chi connectivity index (χ1) is 14.7. The van der Waals surface area contributed by atoms with Gasteiger partial charge in [0.15, 0.2) is 0 Å². The number of esters is 1. The highest BCUT2D eigenvalue weighted by Crippen LogP contribution is 2.64. The number of nitriles is 1. The molecule has 1 heterocycles. The number of carbonyl (C=O) groups excluding carboxylic acids is 3. The van der Waals surface area contributed by atoms with E-state index in [2.05, 4.69) is 6.07 Å². The van der Waals surface area contributed by atoms with Crippen molar-refractivity contribution in [2.45, 2.75) is 87.6 Å². The van der Waals surface area contributed by atoms with Gasteiger partial charge in [0.25, 0.3) is 0 Å². The van der Waals surface area contributed by atoms with E-state index in [9.17, 15) is 19.6 Å². The lowest BCUT2D eigenvalue weighted by atomic mass is 9.46. The summed E-state index contributed by atoms with van der Waals surface area (Å²) in [7, 11) is 0. The van der Waals surface area contributed by atoms with Gasteiger partial charge in [0.05, 0.1) is 18.5 Å². The van der Waals surface area contributed by atoms with Crippen LogP contribution >= 0.6 is 0 Å². The maximum Gasteiger partial charge on any atom is 0.323 e. The lowest BCUT2D eigenvalue weighted by molar-refractivity contribution is -0.207. The van der Waals surface area contributed by atoms with Crippen molar-refractivity contribution >= 4 is 17.8 Å². The summed E-state index contributed by atoms with van der Waals surface area (Å²) in [5.41, 5.74) is 16.6. The number of primary amides is 1. The number of rotatable bonds is 6. The predicted octanol–water partition coefficient (Wildman–Crippen LogP) is -0.0884. The van der Waals surface area contributed by atoms with Crippen LogP contribution < -0.4 is 17.2 Å². The summed E-state index contributed by atoms with van der Waals surface area (Å²) >= 11 is 0. The first-order valence-corrected chi connectivity index (χ1v) is 11.4. The van der Waals surface area contributed by atoms with Crippen LogP contribution in [0.25, 0.3) is 0 Å². The first kappa shape index (κ1) is 20.7. The van der Waals surface area contributed by atoms with E-state index in [0.29, 0.717) is 24.2 Å². The fraction of sp³-hybridized carbons (Fsp3) is 0.818. The minimum Gasteiger partial charge on any atom is -0.458 e. The monoisotopic (exact) mass is 429 g/mol. The SMILES string of the molecule is N#CC1CC2CC2N1C(=O)C(N)C12CC3CC(CC(OC(=O)C(N)CC(N)=O)(C3)C1)C2. The molecule has 168 valence electrons. The molecule has 5 saturated carbocycles. The van der Waals surface area contributed by atoms with Gasteiger partial charge in [0, 0.05) is 6.04 Å². The molecule has 1 saturated heterocycles. The van der Waals surface area contributed by atoms with E-state index in [1.165, 1.54) is 0 Å². The normalized spacial score (nSPS) is 43.6. The Labute approximate surface area is 181 Å². The standard InChI is InChI=1S/C22H31N5O4/c23-9-14-2-13-3-16(13)27(14)19(29)18(26)21-5-11-1-12(6-21)8-22(7-11,10-21)31-20(30)15(24)4-17(25)28/h11-16,18H,1-8,10,24,26H2,(H2,25,28). The molecule has 6 fully saturated rings. The van der Waals surface area contributed by atoms with Gasteiger partial charge in [-0.25, -0.2) is 0 Å². The van der Waals surface area contributed by atoms with Crippen LogP contribution in [0.5, 0.6) is 0 Å². The maximum atomic E-state index is 13.5. The molecule has 2 amide bonds. The summed E-state index contributed by atoms with van der Waals surface area (Å²) in [5, 5.41) is 9.51. The molecule has 6 N–H and O–H groups in total. The molecule has 7 unspecified atom stereocenters. The molecule has 0 aromatic heterocycles. The second-order valence-corrected chi connectivity index (χ2v) is 10.9. The first-order valence-electron chi connectivity index (χ1n) is 11.4. The van der Waals surface area contributed by atoms with Crippen LogP contribution in [0.2, 0.25) is 0 Å². The number of likely N-dealkylation sites (tertiary alicyclic amines) is 1. The third-order valence-corrected chi connectivity index (χ3v) is 8.53. The van der Waals surface area contributed by atoms with Gasteiger partial charge in [-0.2, -0.15) is 5.26 Å². The number of nitrogens with two attached hydrogens (primary N) is 3. The topological polar surface area (TPSA) is 166 Å². The minimum absolute atomic E-state index is 0.120. The Hall–Kier alpha value is -2.18. The van der Waals surface area contributed by atoms with Gasteiger partial charge in [-0.3, -0.25) is 14.4 Å². The van der Waals surface area contributed by atoms with E-state index >= 15 is 0 Å². The molecule has 0 aromatic carbocycles. The molecule has 6 aliphatic rings. The molecule has 7 atom stereocenters. The molecule has 0 radical (unpaired) electrons. The summed E-state index contributed by atoms with van der Waals surface area (Å²) in [6.45, 7) is 0. The van der Waals surface area contributed by atoms with Gasteiger partial charge in [-0.15, -0.1) is 0 Å². The lowest BCUT2D eigenvalue weighted by Gasteiger charge is -2.62. The Morgan fingerprint density at radius 3 is 2.39 bits per heavy atom. The Balaban J connectivity index is 1.36. The van der Waals surface area contributed by atoms with Crippen molar-refractivity contribution in [3.05, 3.63) is 0 Å². The molecule has 9 nitrogen and oxygen atoms in total. The number of hydrogen-bond acceptors (Lipinski definition) is 7. The van der Waals surface area contributed by atoms with Crippen molar-refractivity contribution in [1.82, 2.24) is 4.90 Å². The van der Waals surface area contributed by atoms with Crippen LogP contribution in [0.15, 0.2) is 0 Å². The van der Waals surface area contributed by atoms with Gasteiger partial charge >= 0.3 is 5.97 Å². The molecule has 0 aromatic rings. The number of ether oxygens (including phenoxy) is 1. The van der Waals surface area contributed by atoms with Crippen molar-refractivity contribution < 1.29 is 19.1 Å². The Morgan fingerprint density at radius 1 is 1.10 bits per heavy atom. The third kappa shape index (κ3) is 3.31. The van der Waals surface area contributed by atoms with Gasteiger partial charge < -0.3 is 26.8 Å². The van der Waals surface area contributed by atoms with Gasteiger partial charge in [0.1, 0.15) is 17.7 Å². The van der Waals surface area contributed by atoms with Crippen LogP contribution in [-0.4, -0.2) is 52.5 Å². The molecule has 31 heavy (non-hydrogen) atoms. The van der Waals surface area contributed by atoms with E-state index in [1.807, 2.05) is 0 Å². The highest BCUT2D eigenvalue weighted by molar-refractivity contribution is 5.85. The number of amides is 2. The summed E-state index contributed by atoms with van der Waals surface area (Å²) in [5.74, 6) is -0.240. The van der Waals surface area contributed by atoms with Crippen LogP contribution in [0.1, 0.15) is 57.8 Å². The molecule has 1 aliphatic heterocycles. The summed E-state index contributed by atoms with van der Waals surface area (Å²) in [4.78, 5) is 39.0. The van der Waals surface area contributed by atoms with E-state index < -0.39 is 35.0 Å². The zero-order valence-electron chi connectivity index (χ0n) is 17.7. The van der Waals surface area contributed by atoms with Gasteiger partial charge in [-0.05, 0) is 74.5 Å². The van der Waals surface area contributed by atoms with Crippen molar-refractivity contribution in [3.63, 3.8) is 0 Å². The van der Waals surface area contributed by atoms with E-state index in [4.69, 9.17) is 21.9 Å². The summed E-state index contributed by atoms with van der Waals surface area (Å²) in [6.07, 6.45) is 6.25. The Morgan fingerprint density at radius 2 is 1.77 bits per heavy atom. The number of hydrogen-bond donors (Lipinski definition) is 3. The van der Waals surface area contributed by atoms with Gasteiger partial charge in [-0.1, -0.05) is 0 Å². The van der Waals surface area contributed by atoms with Crippen molar-refractivity contribution in [2.24, 2.45) is 40.4 Å². The van der Waals surface area contributed by atoms with Crippen molar-refractivity contribution in [2.75, 3.05) is 0 Å². The van der Waals surface area contributed by atoms with Crippen molar-refractivity contribution in [3.8, 4) is 6.07 Å². The fourth-order valence-electron chi connectivity index (χ4n) is 7.63. The second-order valence-electron chi connectivity index (χ2n) is 10.9. The zero-order chi connectivity index (χ0) is 22.1. The molecule has 5 aliphatic carbocycles. The fourth-order valence-corrected chi connectivity index (χ4v) is 7.63. The summed E-state index contributed by atoms with van der Waals surface area (Å²) < 4.78 is 5.96. The molecular formula is C22H31N5O4. The van der Waals surface area contributed by atoms with Crippen molar-refractivity contribution in [1.29, 1.82) is 5.26 Å². The van der Waals surface area contributed by atoms with E-state index in [1.54, 1.807) is 4.90 Å². The maximum absolute atomic E-state index is 13.5. The largest absolute Gasteiger partial charge is 0.458 e. The highest BCUT2D eigenvalue weighted by Gasteiger charge is 2.64. The van der Waals surface area contributed by atoms with Gasteiger partial charge in [0.2, 0.25) is 11.8 Å². The van der Waals surface area contributed by atoms with Crippen LogP contribution in [0, 0.1) is 34.5 Å². The second kappa shape index (κ2) is 6.91. The van der Waals surface area contributed by atoms with E-state index in [0.717, 1.165) is 44.9 Å². The van der Waals surface area contributed by atoms with Crippen LogP contribution in [0.3, 0.4) is 0 Å².